The highest BCUT2D eigenvalue weighted by Gasteiger charge is 2.20. The standard InChI is InChI=1S/C14H29N/c1-4-12(5-2)11-15-14-9-7-8-13(6-3)10-14/h12-15H,4-11H2,1-3H3. The molecule has 1 aliphatic rings. The van der Waals surface area contributed by atoms with Gasteiger partial charge in [-0.3, -0.25) is 0 Å². The Morgan fingerprint density at radius 3 is 2.47 bits per heavy atom. The smallest absolute Gasteiger partial charge is 0.00698 e. The van der Waals surface area contributed by atoms with Crippen molar-refractivity contribution in [2.45, 2.75) is 71.8 Å². The van der Waals surface area contributed by atoms with Gasteiger partial charge in [-0.25, -0.2) is 0 Å². The molecule has 1 nitrogen and oxygen atoms in total. The van der Waals surface area contributed by atoms with Crippen molar-refractivity contribution < 1.29 is 0 Å². The van der Waals surface area contributed by atoms with E-state index in [0.717, 1.165) is 17.9 Å². The third kappa shape index (κ3) is 4.55. The topological polar surface area (TPSA) is 12.0 Å². The van der Waals surface area contributed by atoms with Gasteiger partial charge < -0.3 is 5.32 Å². The van der Waals surface area contributed by atoms with Crippen molar-refractivity contribution in [2.75, 3.05) is 6.54 Å². The average molecular weight is 211 g/mol. The highest BCUT2D eigenvalue weighted by molar-refractivity contribution is 4.78. The number of rotatable bonds is 6. The molecule has 15 heavy (non-hydrogen) atoms. The van der Waals surface area contributed by atoms with Crippen LogP contribution in [-0.2, 0) is 0 Å². The molecule has 2 unspecified atom stereocenters. The molecule has 1 rings (SSSR count). The van der Waals surface area contributed by atoms with Gasteiger partial charge in [0.1, 0.15) is 0 Å². The van der Waals surface area contributed by atoms with Crippen LogP contribution in [0.4, 0.5) is 0 Å². The highest BCUT2D eigenvalue weighted by Crippen LogP contribution is 2.26. The Bertz CT molecular complexity index is 151. The van der Waals surface area contributed by atoms with Crippen molar-refractivity contribution in [1.29, 1.82) is 0 Å². The van der Waals surface area contributed by atoms with Gasteiger partial charge in [-0.2, -0.15) is 0 Å². The summed E-state index contributed by atoms with van der Waals surface area (Å²) < 4.78 is 0. The molecule has 0 aromatic carbocycles. The normalized spacial score (nSPS) is 27.2. The van der Waals surface area contributed by atoms with Crippen LogP contribution in [-0.4, -0.2) is 12.6 Å². The summed E-state index contributed by atoms with van der Waals surface area (Å²) >= 11 is 0. The lowest BCUT2D eigenvalue weighted by molar-refractivity contribution is 0.267. The third-order valence-corrected chi connectivity index (χ3v) is 4.21. The van der Waals surface area contributed by atoms with E-state index in [0.29, 0.717) is 0 Å². The average Bonchev–Trinajstić information content (AvgIpc) is 2.31. The fraction of sp³-hybridized carbons (Fsp3) is 1.00. The maximum absolute atomic E-state index is 3.79. The number of nitrogens with one attached hydrogen (secondary N) is 1. The van der Waals surface area contributed by atoms with Crippen LogP contribution in [0, 0.1) is 11.8 Å². The van der Waals surface area contributed by atoms with E-state index >= 15 is 0 Å². The van der Waals surface area contributed by atoms with Crippen molar-refractivity contribution in [3.63, 3.8) is 0 Å². The van der Waals surface area contributed by atoms with Gasteiger partial charge in [-0.15, -0.1) is 0 Å². The van der Waals surface area contributed by atoms with Gasteiger partial charge >= 0.3 is 0 Å². The first-order valence-corrected chi connectivity index (χ1v) is 7.03. The highest BCUT2D eigenvalue weighted by atomic mass is 14.9. The molecule has 0 bridgehead atoms. The van der Waals surface area contributed by atoms with Gasteiger partial charge in [0.2, 0.25) is 0 Å². The Balaban J connectivity index is 2.20. The van der Waals surface area contributed by atoms with Crippen molar-refractivity contribution in [1.82, 2.24) is 5.32 Å². The lowest BCUT2D eigenvalue weighted by Crippen LogP contribution is -2.36. The SMILES string of the molecule is CCC(CC)CNC1CCCC(CC)C1. The molecule has 1 saturated carbocycles. The van der Waals surface area contributed by atoms with E-state index in [1.54, 1.807) is 0 Å². The first-order chi connectivity index (χ1) is 7.30. The van der Waals surface area contributed by atoms with Gasteiger partial charge in [0.05, 0.1) is 0 Å². The fourth-order valence-corrected chi connectivity index (χ4v) is 2.76. The van der Waals surface area contributed by atoms with E-state index < -0.39 is 0 Å². The van der Waals surface area contributed by atoms with E-state index in [2.05, 4.69) is 26.1 Å². The maximum atomic E-state index is 3.79. The predicted octanol–water partition coefficient (Wildman–Crippen LogP) is 3.98. The van der Waals surface area contributed by atoms with Crippen molar-refractivity contribution in [3.05, 3.63) is 0 Å². The Morgan fingerprint density at radius 2 is 1.87 bits per heavy atom. The van der Waals surface area contributed by atoms with E-state index in [9.17, 15) is 0 Å². The molecule has 1 aliphatic carbocycles. The zero-order chi connectivity index (χ0) is 11.1. The molecule has 1 N–H and O–H groups in total. The number of hydrogen-bond donors (Lipinski definition) is 1. The van der Waals surface area contributed by atoms with Crippen LogP contribution in [0.3, 0.4) is 0 Å². The largest absolute Gasteiger partial charge is 0.314 e. The van der Waals surface area contributed by atoms with E-state index in [1.807, 2.05) is 0 Å². The van der Waals surface area contributed by atoms with Crippen LogP contribution >= 0.6 is 0 Å². The van der Waals surface area contributed by atoms with Crippen molar-refractivity contribution in [2.24, 2.45) is 11.8 Å². The summed E-state index contributed by atoms with van der Waals surface area (Å²) in [6, 6.07) is 0.823. The molecule has 0 heterocycles. The summed E-state index contributed by atoms with van der Waals surface area (Å²) in [5.41, 5.74) is 0. The molecule has 0 aliphatic heterocycles. The molecule has 0 spiro atoms. The lowest BCUT2D eigenvalue weighted by atomic mass is 9.84. The minimum atomic E-state index is 0.823. The molecule has 1 heteroatoms. The second-order valence-corrected chi connectivity index (χ2v) is 5.23. The summed E-state index contributed by atoms with van der Waals surface area (Å²) in [4.78, 5) is 0. The fourth-order valence-electron chi connectivity index (χ4n) is 2.76. The summed E-state index contributed by atoms with van der Waals surface area (Å²) in [6.45, 7) is 8.21. The number of hydrogen-bond acceptors (Lipinski definition) is 1. The Labute approximate surface area is 96.0 Å². The molecule has 0 saturated heterocycles. The van der Waals surface area contributed by atoms with E-state index in [-0.39, 0.29) is 0 Å². The van der Waals surface area contributed by atoms with Crippen LogP contribution in [0.2, 0.25) is 0 Å². The van der Waals surface area contributed by atoms with Gasteiger partial charge in [0, 0.05) is 6.04 Å². The molecule has 0 aromatic rings. The Kier molecular flexibility index (Phi) is 6.31. The molecule has 0 amide bonds. The van der Waals surface area contributed by atoms with Crippen LogP contribution in [0.15, 0.2) is 0 Å². The minimum absolute atomic E-state index is 0.823. The van der Waals surface area contributed by atoms with Gasteiger partial charge in [-0.1, -0.05) is 52.9 Å². The van der Waals surface area contributed by atoms with Crippen LogP contribution < -0.4 is 5.32 Å². The second kappa shape index (κ2) is 7.27. The molecule has 90 valence electrons. The Morgan fingerprint density at radius 1 is 1.13 bits per heavy atom. The summed E-state index contributed by atoms with van der Waals surface area (Å²) in [5.74, 6) is 1.89. The van der Waals surface area contributed by atoms with E-state index in [4.69, 9.17) is 0 Å². The van der Waals surface area contributed by atoms with E-state index in [1.165, 1.54) is 51.5 Å². The van der Waals surface area contributed by atoms with Gasteiger partial charge in [-0.05, 0) is 31.2 Å². The zero-order valence-corrected chi connectivity index (χ0v) is 10.9. The van der Waals surface area contributed by atoms with Gasteiger partial charge in [0.15, 0.2) is 0 Å². The minimum Gasteiger partial charge on any atom is -0.314 e. The van der Waals surface area contributed by atoms with Crippen LogP contribution in [0.25, 0.3) is 0 Å². The summed E-state index contributed by atoms with van der Waals surface area (Å²) in [5, 5.41) is 3.79. The first-order valence-electron chi connectivity index (χ1n) is 7.03. The lowest BCUT2D eigenvalue weighted by Gasteiger charge is -2.30. The molecular formula is C14H29N. The molecular weight excluding hydrogens is 182 g/mol. The monoisotopic (exact) mass is 211 g/mol. The third-order valence-electron chi connectivity index (χ3n) is 4.21. The van der Waals surface area contributed by atoms with Crippen LogP contribution in [0.1, 0.15) is 65.7 Å². The predicted molar refractivity (Wildman–Crippen MR) is 68.1 cm³/mol. The van der Waals surface area contributed by atoms with Crippen molar-refractivity contribution in [3.8, 4) is 0 Å². The van der Waals surface area contributed by atoms with Gasteiger partial charge in [0.25, 0.3) is 0 Å². The summed E-state index contributed by atoms with van der Waals surface area (Å²) in [7, 11) is 0. The zero-order valence-electron chi connectivity index (χ0n) is 10.9. The Hall–Kier alpha value is -0.0400. The first kappa shape index (κ1) is 13.0. The molecule has 0 radical (unpaired) electrons. The summed E-state index contributed by atoms with van der Waals surface area (Å²) in [6.07, 6.45) is 9.79. The van der Waals surface area contributed by atoms with Crippen molar-refractivity contribution >= 4 is 0 Å². The maximum Gasteiger partial charge on any atom is 0.00698 e. The molecule has 1 fully saturated rings. The van der Waals surface area contributed by atoms with Crippen LogP contribution in [0.5, 0.6) is 0 Å². The molecule has 0 aromatic heterocycles. The second-order valence-electron chi connectivity index (χ2n) is 5.23. The molecule has 2 atom stereocenters. The quantitative estimate of drug-likeness (QED) is 0.700.